The number of rotatable bonds is 6. The molecule has 0 aromatic carbocycles. The van der Waals surface area contributed by atoms with E-state index in [0.29, 0.717) is 6.54 Å². The smallest absolute Gasteiger partial charge is 0.0964 e. The third-order valence-corrected chi connectivity index (χ3v) is 2.75. The van der Waals surface area contributed by atoms with Gasteiger partial charge in [0, 0.05) is 13.1 Å². The Bertz CT molecular complexity index is 498. The highest BCUT2D eigenvalue weighted by Crippen LogP contribution is 2.06. The predicted octanol–water partition coefficient (Wildman–Crippen LogP) is 0.961. The molecule has 2 aromatic heterocycles. The van der Waals surface area contributed by atoms with Crippen molar-refractivity contribution in [2.24, 2.45) is 0 Å². The first-order valence-electron chi connectivity index (χ1n) is 6.36. The SMILES string of the molecule is CCNCc1cn(Cc2cc(C)nn2CC)nn1. The van der Waals surface area contributed by atoms with Crippen LogP contribution in [0.2, 0.25) is 0 Å². The molecule has 0 aliphatic heterocycles. The van der Waals surface area contributed by atoms with Gasteiger partial charge in [-0.15, -0.1) is 5.10 Å². The van der Waals surface area contributed by atoms with Crippen LogP contribution in [0, 0.1) is 6.92 Å². The van der Waals surface area contributed by atoms with E-state index in [1.54, 1.807) is 0 Å². The topological polar surface area (TPSA) is 60.6 Å². The van der Waals surface area contributed by atoms with Gasteiger partial charge in [-0.2, -0.15) is 5.10 Å². The van der Waals surface area contributed by atoms with Gasteiger partial charge < -0.3 is 5.32 Å². The van der Waals surface area contributed by atoms with E-state index < -0.39 is 0 Å². The standard InChI is InChI=1S/C12H20N6/c1-4-13-7-11-8-17(16-14-11)9-12-6-10(3)15-18(12)5-2/h6,8,13H,4-5,7,9H2,1-3H3. The quantitative estimate of drug-likeness (QED) is 0.827. The summed E-state index contributed by atoms with van der Waals surface area (Å²) >= 11 is 0. The zero-order chi connectivity index (χ0) is 13.0. The molecular formula is C12H20N6. The molecule has 0 unspecified atom stereocenters. The van der Waals surface area contributed by atoms with Crippen LogP contribution in [0.4, 0.5) is 0 Å². The Labute approximate surface area is 107 Å². The number of nitrogens with zero attached hydrogens (tertiary/aromatic N) is 5. The van der Waals surface area contributed by atoms with E-state index >= 15 is 0 Å². The molecular weight excluding hydrogens is 228 g/mol. The lowest BCUT2D eigenvalue weighted by atomic mass is 10.3. The fourth-order valence-electron chi connectivity index (χ4n) is 1.92. The minimum absolute atomic E-state index is 0.716. The fourth-order valence-corrected chi connectivity index (χ4v) is 1.92. The Morgan fingerprint density at radius 2 is 2.17 bits per heavy atom. The van der Waals surface area contributed by atoms with Gasteiger partial charge in [-0.05, 0) is 26.5 Å². The maximum Gasteiger partial charge on any atom is 0.0964 e. The van der Waals surface area contributed by atoms with Crippen molar-refractivity contribution < 1.29 is 0 Å². The summed E-state index contributed by atoms with van der Waals surface area (Å²) in [7, 11) is 0. The highest BCUT2D eigenvalue weighted by Gasteiger charge is 2.06. The zero-order valence-electron chi connectivity index (χ0n) is 11.2. The van der Waals surface area contributed by atoms with E-state index in [-0.39, 0.29) is 0 Å². The molecule has 0 amide bonds. The molecule has 0 aliphatic rings. The molecule has 2 heterocycles. The van der Waals surface area contributed by atoms with Crippen LogP contribution < -0.4 is 5.32 Å². The van der Waals surface area contributed by atoms with E-state index in [9.17, 15) is 0 Å². The predicted molar refractivity (Wildman–Crippen MR) is 69.1 cm³/mol. The molecule has 1 N–H and O–H groups in total. The Morgan fingerprint density at radius 3 is 2.89 bits per heavy atom. The minimum atomic E-state index is 0.716. The first kappa shape index (κ1) is 12.8. The first-order valence-corrected chi connectivity index (χ1v) is 6.36. The molecule has 0 spiro atoms. The van der Waals surface area contributed by atoms with Crippen molar-refractivity contribution in [3.8, 4) is 0 Å². The zero-order valence-corrected chi connectivity index (χ0v) is 11.2. The van der Waals surface area contributed by atoms with Crippen LogP contribution >= 0.6 is 0 Å². The van der Waals surface area contributed by atoms with Crippen molar-refractivity contribution in [3.63, 3.8) is 0 Å². The van der Waals surface area contributed by atoms with Gasteiger partial charge in [0.2, 0.25) is 0 Å². The molecule has 2 aromatic rings. The van der Waals surface area contributed by atoms with Gasteiger partial charge in [-0.3, -0.25) is 4.68 Å². The lowest BCUT2D eigenvalue weighted by Gasteiger charge is -2.03. The monoisotopic (exact) mass is 248 g/mol. The van der Waals surface area contributed by atoms with Crippen LogP contribution in [-0.4, -0.2) is 31.3 Å². The van der Waals surface area contributed by atoms with Crippen molar-refractivity contribution in [2.75, 3.05) is 6.54 Å². The highest BCUT2D eigenvalue weighted by atomic mass is 15.4. The van der Waals surface area contributed by atoms with E-state index in [4.69, 9.17) is 0 Å². The molecule has 0 bridgehead atoms. The van der Waals surface area contributed by atoms with Gasteiger partial charge in [-0.1, -0.05) is 12.1 Å². The lowest BCUT2D eigenvalue weighted by Crippen LogP contribution is -2.12. The maximum atomic E-state index is 4.42. The van der Waals surface area contributed by atoms with E-state index in [0.717, 1.165) is 36.7 Å². The second-order valence-corrected chi connectivity index (χ2v) is 4.28. The van der Waals surface area contributed by atoms with Crippen LogP contribution in [0.5, 0.6) is 0 Å². The summed E-state index contributed by atoms with van der Waals surface area (Å²) in [6, 6.07) is 2.09. The van der Waals surface area contributed by atoms with Gasteiger partial charge in [0.05, 0.1) is 29.8 Å². The molecule has 6 heteroatoms. The Kier molecular flexibility index (Phi) is 4.09. The number of nitrogens with one attached hydrogen (secondary N) is 1. The number of hydrogen-bond donors (Lipinski definition) is 1. The molecule has 0 saturated carbocycles. The molecule has 0 atom stereocenters. The minimum Gasteiger partial charge on any atom is -0.311 e. The maximum absolute atomic E-state index is 4.42. The number of aryl methyl sites for hydroxylation is 2. The van der Waals surface area contributed by atoms with Crippen molar-refractivity contribution in [3.05, 3.63) is 29.3 Å². The third-order valence-electron chi connectivity index (χ3n) is 2.75. The Hall–Kier alpha value is -1.69. The van der Waals surface area contributed by atoms with Crippen molar-refractivity contribution in [1.29, 1.82) is 0 Å². The second kappa shape index (κ2) is 5.77. The Morgan fingerprint density at radius 1 is 1.33 bits per heavy atom. The first-order chi connectivity index (χ1) is 8.72. The third kappa shape index (κ3) is 2.95. The van der Waals surface area contributed by atoms with Crippen molar-refractivity contribution in [1.82, 2.24) is 30.1 Å². The van der Waals surface area contributed by atoms with Gasteiger partial charge in [0.15, 0.2) is 0 Å². The van der Waals surface area contributed by atoms with E-state index in [1.807, 2.05) is 22.5 Å². The number of aromatic nitrogens is 5. The molecule has 0 saturated heterocycles. The average Bonchev–Trinajstić information content (AvgIpc) is 2.94. The van der Waals surface area contributed by atoms with Crippen LogP contribution in [0.1, 0.15) is 30.9 Å². The molecule has 0 fully saturated rings. The molecule has 18 heavy (non-hydrogen) atoms. The highest BCUT2D eigenvalue weighted by molar-refractivity contribution is 5.09. The molecule has 0 radical (unpaired) electrons. The fraction of sp³-hybridized carbons (Fsp3) is 0.583. The molecule has 2 rings (SSSR count). The Balaban J connectivity index is 2.06. The van der Waals surface area contributed by atoms with Crippen LogP contribution in [-0.2, 0) is 19.6 Å². The van der Waals surface area contributed by atoms with Gasteiger partial charge >= 0.3 is 0 Å². The summed E-state index contributed by atoms with van der Waals surface area (Å²) in [6.45, 7) is 9.47. The summed E-state index contributed by atoms with van der Waals surface area (Å²) in [4.78, 5) is 0. The molecule has 6 nitrogen and oxygen atoms in total. The number of hydrogen-bond acceptors (Lipinski definition) is 4. The summed E-state index contributed by atoms with van der Waals surface area (Å²) in [5, 5.41) is 15.9. The summed E-state index contributed by atoms with van der Waals surface area (Å²) < 4.78 is 3.86. The summed E-state index contributed by atoms with van der Waals surface area (Å²) in [5.74, 6) is 0. The summed E-state index contributed by atoms with van der Waals surface area (Å²) in [6.07, 6.45) is 1.98. The average molecular weight is 248 g/mol. The van der Waals surface area contributed by atoms with E-state index in [1.165, 1.54) is 0 Å². The van der Waals surface area contributed by atoms with Crippen LogP contribution in [0.25, 0.3) is 0 Å². The lowest BCUT2D eigenvalue weighted by molar-refractivity contribution is 0.565. The van der Waals surface area contributed by atoms with Crippen LogP contribution in [0.15, 0.2) is 12.3 Å². The second-order valence-electron chi connectivity index (χ2n) is 4.28. The van der Waals surface area contributed by atoms with E-state index in [2.05, 4.69) is 40.6 Å². The largest absolute Gasteiger partial charge is 0.311 e. The molecule has 0 aliphatic carbocycles. The van der Waals surface area contributed by atoms with Gasteiger partial charge in [0.25, 0.3) is 0 Å². The van der Waals surface area contributed by atoms with Crippen LogP contribution in [0.3, 0.4) is 0 Å². The molecule has 98 valence electrons. The summed E-state index contributed by atoms with van der Waals surface area (Å²) in [5.41, 5.74) is 3.17. The normalized spacial score (nSPS) is 11.1. The van der Waals surface area contributed by atoms with Gasteiger partial charge in [0.1, 0.15) is 0 Å². The van der Waals surface area contributed by atoms with Crippen molar-refractivity contribution >= 4 is 0 Å². The van der Waals surface area contributed by atoms with Crippen molar-refractivity contribution in [2.45, 2.75) is 40.4 Å². The van der Waals surface area contributed by atoms with Gasteiger partial charge in [-0.25, -0.2) is 4.68 Å².